The van der Waals surface area contributed by atoms with E-state index in [1.54, 1.807) is 13.1 Å². The van der Waals surface area contributed by atoms with Gasteiger partial charge in [0.15, 0.2) is 0 Å². The number of esters is 1. The third-order valence-corrected chi connectivity index (χ3v) is 1.69. The van der Waals surface area contributed by atoms with Crippen LogP contribution in [0.3, 0.4) is 0 Å². The van der Waals surface area contributed by atoms with Gasteiger partial charge in [0.25, 0.3) is 0 Å². The first-order chi connectivity index (χ1) is 5.69. The molecule has 1 rings (SSSR count). The monoisotopic (exact) mass is 168 g/mol. The van der Waals surface area contributed by atoms with E-state index in [1.807, 2.05) is 6.92 Å². The van der Waals surface area contributed by atoms with Crippen molar-refractivity contribution in [1.82, 2.24) is 9.78 Å². The van der Waals surface area contributed by atoms with Crippen molar-refractivity contribution in [3.63, 3.8) is 0 Å². The number of rotatable bonds is 2. The molecule has 0 aliphatic heterocycles. The van der Waals surface area contributed by atoms with E-state index in [9.17, 15) is 4.79 Å². The Balaban J connectivity index is 2.99. The predicted octanol–water partition coefficient (Wildman–Crippen LogP) is 0.769. The Hall–Kier alpha value is -1.32. The highest BCUT2D eigenvalue weighted by Gasteiger charge is 2.11. The van der Waals surface area contributed by atoms with Gasteiger partial charge >= 0.3 is 5.97 Å². The molecule has 0 aliphatic rings. The van der Waals surface area contributed by atoms with Crippen LogP contribution in [0.4, 0.5) is 0 Å². The van der Waals surface area contributed by atoms with Crippen LogP contribution in [0.1, 0.15) is 23.1 Å². The first-order valence-electron chi connectivity index (χ1n) is 3.80. The Morgan fingerprint density at radius 3 is 2.83 bits per heavy atom. The van der Waals surface area contributed by atoms with E-state index in [4.69, 9.17) is 0 Å². The summed E-state index contributed by atoms with van der Waals surface area (Å²) in [6.07, 6.45) is 0.824. The summed E-state index contributed by atoms with van der Waals surface area (Å²) in [6, 6.07) is 1.74. The van der Waals surface area contributed by atoms with Crippen molar-refractivity contribution < 1.29 is 9.53 Å². The van der Waals surface area contributed by atoms with E-state index in [-0.39, 0.29) is 5.97 Å². The van der Waals surface area contributed by atoms with Gasteiger partial charge in [0.05, 0.1) is 12.8 Å². The average molecular weight is 168 g/mol. The third-order valence-electron chi connectivity index (χ3n) is 1.69. The molecule has 1 heterocycles. The lowest BCUT2D eigenvalue weighted by molar-refractivity contribution is 0.0588. The zero-order valence-corrected chi connectivity index (χ0v) is 7.50. The second kappa shape index (κ2) is 3.38. The summed E-state index contributed by atoms with van der Waals surface area (Å²) in [5.74, 6) is -0.343. The van der Waals surface area contributed by atoms with E-state index < -0.39 is 0 Å². The number of nitrogens with zero attached hydrogens (tertiary/aromatic N) is 2. The molecule has 0 spiro atoms. The molecule has 0 atom stereocenters. The first-order valence-corrected chi connectivity index (χ1v) is 3.80. The molecule has 0 fully saturated rings. The van der Waals surface area contributed by atoms with Gasteiger partial charge in [0, 0.05) is 7.05 Å². The molecule has 4 heteroatoms. The van der Waals surface area contributed by atoms with Crippen LogP contribution in [0.15, 0.2) is 6.07 Å². The molecule has 0 aromatic carbocycles. The maximum atomic E-state index is 11.1. The second-order valence-corrected chi connectivity index (χ2v) is 2.49. The number of methoxy groups -OCH3 is 1. The van der Waals surface area contributed by atoms with E-state index in [0.717, 1.165) is 12.1 Å². The molecule has 0 bridgehead atoms. The maximum Gasteiger partial charge on any atom is 0.356 e. The topological polar surface area (TPSA) is 44.1 Å². The molecule has 0 amide bonds. The zero-order valence-electron chi connectivity index (χ0n) is 7.50. The highest BCUT2D eigenvalue weighted by molar-refractivity contribution is 5.87. The normalized spacial score (nSPS) is 9.92. The molecule has 0 saturated carbocycles. The quantitative estimate of drug-likeness (QED) is 0.612. The first kappa shape index (κ1) is 8.77. The summed E-state index contributed by atoms with van der Waals surface area (Å²) in [4.78, 5) is 11.1. The van der Waals surface area contributed by atoms with Crippen LogP contribution < -0.4 is 0 Å². The van der Waals surface area contributed by atoms with E-state index in [2.05, 4.69) is 9.84 Å². The van der Waals surface area contributed by atoms with Crippen LogP contribution in [-0.4, -0.2) is 22.9 Å². The van der Waals surface area contributed by atoms with Crippen LogP contribution in [0.5, 0.6) is 0 Å². The molecular formula is C8H12N2O2. The number of carbonyl (C=O) groups is 1. The summed E-state index contributed by atoms with van der Waals surface area (Å²) in [6.45, 7) is 1.99. The van der Waals surface area contributed by atoms with Gasteiger partial charge in [-0.15, -0.1) is 0 Å². The molecule has 1 aromatic rings. The maximum absolute atomic E-state index is 11.1. The molecule has 12 heavy (non-hydrogen) atoms. The molecule has 0 N–H and O–H groups in total. The van der Waals surface area contributed by atoms with E-state index in [1.165, 1.54) is 11.8 Å². The van der Waals surface area contributed by atoms with Crippen molar-refractivity contribution in [3.05, 3.63) is 17.5 Å². The van der Waals surface area contributed by atoms with Gasteiger partial charge in [-0.05, 0) is 12.5 Å². The summed E-state index contributed by atoms with van der Waals surface area (Å²) in [5, 5.41) is 4.11. The fraction of sp³-hybridized carbons (Fsp3) is 0.500. The Morgan fingerprint density at radius 2 is 2.42 bits per heavy atom. The molecule has 66 valence electrons. The van der Waals surface area contributed by atoms with E-state index >= 15 is 0 Å². The minimum atomic E-state index is -0.343. The number of aromatic nitrogens is 2. The van der Waals surface area contributed by atoms with Crippen LogP contribution in [0, 0.1) is 0 Å². The summed E-state index contributed by atoms with van der Waals surface area (Å²) in [7, 11) is 3.09. The summed E-state index contributed by atoms with van der Waals surface area (Å²) in [5.41, 5.74) is 1.40. The van der Waals surface area contributed by atoms with Crippen LogP contribution >= 0.6 is 0 Å². The highest BCUT2D eigenvalue weighted by atomic mass is 16.5. The minimum Gasteiger partial charge on any atom is -0.464 e. The lowest BCUT2D eigenvalue weighted by atomic mass is 10.3. The predicted molar refractivity (Wildman–Crippen MR) is 43.9 cm³/mol. The lowest BCUT2D eigenvalue weighted by Gasteiger charge is -1.96. The lowest BCUT2D eigenvalue weighted by Crippen LogP contribution is -2.07. The fourth-order valence-corrected chi connectivity index (χ4v) is 0.995. The van der Waals surface area contributed by atoms with Crippen molar-refractivity contribution >= 4 is 5.97 Å². The standard InChI is InChI=1S/C8H12N2O2/c1-4-6-5-7(8(11)12-3)10(2)9-6/h5H,4H2,1-3H3. The number of carbonyl (C=O) groups excluding carboxylic acids is 1. The smallest absolute Gasteiger partial charge is 0.356 e. The molecular weight excluding hydrogens is 156 g/mol. The van der Waals surface area contributed by atoms with Gasteiger partial charge in [-0.1, -0.05) is 6.92 Å². The van der Waals surface area contributed by atoms with Crippen LogP contribution in [-0.2, 0) is 18.2 Å². The molecule has 4 nitrogen and oxygen atoms in total. The van der Waals surface area contributed by atoms with Crippen molar-refractivity contribution in [2.45, 2.75) is 13.3 Å². The minimum absolute atomic E-state index is 0.343. The van der Waals surface area contributed by atoms with E-state index in [0.29, 0.717) is 5.69 Å². The molecule has 1 aromatic heterocycles. The van der Waals surface area contributed by atoms with Crippen molar-refractivity contribution in [1.29, 1.82) is 0 Å². The van der Waals surface area contributed by atoms with Crippen LogP contribution in [0.2, 0.25) is 0 Å². The summed E-state index contributed by atoms with van der Waals surface area (Å²) < 4.78 is 6.11. The van der Waals surface area contributed by atoms with Crippen molar-refractivity contribution in [3.8, 4) is 0 Å². The molecule has 0 aliphatic carbocycles. The number of aryl methyl sites for hydroxylation is 2. The van der Waals surface area contributed by atoms with Gasteiger partial charge in [-0.25, -0.2) is 4.79 Å². The van der Waals surface area contributed by atoms with Gasteiger partial charge in [-0.2, -0.15) is 5.10 Å². The number of hydrogen-bond acceptors (Lipinski definition) is 3. The van der Waals surface area contributed by atoms with Crippen molar-refractivity contribution in [2.24, 2.45) is 7.05 Å². The van der Waals surface area contributed by atoms with Gasteiger partial charge in [-0.3, -0.25) is 4.68 Å². The Kier molecular flexibility index (Phi) is 2.47. The molecule has 0 unspecified atom stereocenters. The second-order valence-electron chi connectivity index (χ2n) is 2.49. The summed E-state index contributed by atoms with van der Waals surface area (Å²) >= 11 is 0. The Morgan fingerprint density at radius 1 is 1.75 bits per heavy atom. The zero-order chi connectivity index (χ0) is 9.14. The number of ether oxygens (including phenoxy) is 1. The van der Waals surface area contributed by atoms with Gasteiger partial charge < -0.3 is 4.74 Å². The Bertz CT molecular complexity index is 291. The number of hydrogen-bond donors (Lipinski definition) is 0. The largest absolute Gasteiger partial charge is 0.464 e. The van der Waals surface area contributed by atoms with Crippen molar-refractivity contribution in [2.75, 3.05) is 7.11 Å². The average Bonchev–Trinajstić information content (AvgIpc) is 2.45. The fourth-order valence-electron chi connectivity index (χ4n) is 0.995. The van der Waals surface area contributed by atoms with Gasteiger partial charge in [0.1, 0.15) is 5.69 Å². The van der Waals surface area contributed by atoms with Crippen LogP contribution in [0.25, 0.3) is 0 Å². The van der Waals surface area contributed by atoms with Gasteiger partial charge in [0.2, 0.25) is 0 Å². The Labute approximate surface area is 71.1 Å². The molecule has 0 saturated heterocycles. The molecule has 0 radical (unpaired) electrons. The third kappa shape index (κ3) is 1.47. The SMILES string of the molecule is CCc1cc(C(=O)OC)n(C)n1. The highest BCUT2D eigenvalue weighted by Crippen LogP contribution is 2.04.